The molecule has 4 aliphatic carbocycles. The molecule has 0 radical (unpaired) electrons. The van der Waals surface area contributed by atoms with Crippen molar-refractivity contribution in [2.24, 2.45) is 23.7 Å². The number of aromatic nitrogens is 2. The highest BCUT2D eigenvalue weighted by Gasteiger charge is 2.51. The highest BCUT2D eigenvalue weighted by molar-refractivity contribution is 7.18. The van der Waals surface area contributed by atoms with Crippen molar-refractivity contribution in [3.63, 3.8) is 0 Å². The Morgan fingerprint density at radius 3 is 2.22 bits per heavy atom. The van der Waals surface area contributed by atoms with Crippen molar-refractivity contribution in [1.82, 2.24) is 20.8 Å². The summed E-state index contributed by atoms with van der Waals surface area (Å²) in [7, 11) is 4.00. The fraction of sp³-hybridized carbons (Fsp3) is 0.630. The van der Waals surface area contributed by atoms with Crippen LogP contribution in [0.25, 0.3) is 10.6 Å². The van der Waals surface area contributed by atoms with Crippen LogP contribution in [0.5, 0.6) is 0 Å². The number of anilines is 2. The van der Waals surface area contributed by atoms with E-state index in [1.54, 1.807) is 0 Å². The lowest BCUT2D eigenvalue weighted by molar-refractivity contribution is -0.119. The van der Waals surface area contributed by atoms with Gasteiger partial charge in [-0.2, -0.15) is 0 Å². The molecule has 36 heavy (non-hydrogen) atoms. The Kier molecular flexibility index (Phi) is 6.94. The standard InChI is InChI=1S/C27H38N6O2S/c1-5-16(2)22(28-25(35)30-27-13-17-10-18(14-27)12-19(11-17)15-27)23(34)29-26-32-31-24(36-26)20-6-8-21(9-7-20)33(3)4/h6-9,16-19,22H,5,10-15H2,1-4H3,(H2,28,30,35)(H,29,32,34). The largest absolute Gasteiger partial charge is 0.378 e. The Morgan fingerprint density at radius 2 is 1.67 bits per heavy atom. The molecule has 6 rings (SSSR count). The van der Waals surface area contributed by atoms with Crippen molar-refractivity contribution >= 4 is 34.1 Å². The second-order valence-electron chi connectivity index (χ2n) is 11.5. The number of rotatable bonds is 8. The maximum atomic E-state index is 13.3. The zero-order valence-corrected chi connectivity index (χ0v) is 22.5. The lowest BCUT2D eigenvalue weighted by Gasteiger charge is -2.56. The summed E-state index contributed by atoms with van der Waals surface area (Å²) in [6.07, 6.45) is 7.98. The van der Waals surface area contributed by atoms with Crippen LogP contribution in [0.15, 0.2) is 24.3 Å². The number of urea groups is 1. The Balaban J connectivity index is 1.22. The van der Waals surface area contributed by atoms with Crippen molar-refractivity contribution in [2.45, 2.75) is 70.4 Å². The fourth-order valence-electron chi connectivity index (χ4n) is 6.86. The van der Waals surface area contributed by atoms with Crippen LogP contribution in [0, 0.1) is 23.7 Å². The zero-order valence-electron chi connectivity index (χ0n) is 21.7. The molecular weight excluding hydrogens is 472 g/mol. The average Bonchev–Trinajstić information content (AvgIpc) is 3.29. The number of amides is 3. The first-order valence-corrected chi connectivity index (χ1v) is 14.1. The van der Waals surface area contributed by atoms with Crippen molar-refractivity contribution in [3.8, 4) is 10.6 Å². The Labute approximate surface area is 217 Å². The third kappa shape index (κ3) is 5.21. The molecule has 9 heteroatoms. The highest BCUT2D eigenvalue weighted by atomic mass is 32.1. The number of carbonyl (C=O) groups is 2. The van der Waals surface area contributed by atoms with Crippen LogP contribution in [0.3, 0.4) is 0 Å². The van der Waals surface area contributed by atoms with E-state index in [4.69, 9.17) is 0 Å². The number of hydrogen-bond donors (Lipinski definition) is 3. The van der Waals surface area contributed by atoms with Crippen LogP contribution in [-0.2, 0) is 4.79 Å². The first-order valence-electron chi connectivity index (χ1n) is 13.2. The molecule has 3 amide bonds. The van der Waals surface area contributed by atoms with E-state index in [2.05, 4.69) is 26.1 Å². The molecule has 3 N–H and O–H groups in total. The van der Waals surface area contributed by atoms with Gasteiger partial charge in [-0.1, -0.05) is 31.6 Å². The van der Waals surface area contributed by atoms with E-state index in [0.29, 0.717) is 5.13 Å². The van der Waals surface area contributed by atoms with Gasteiger partial charge in [-0.3, -0.25) is 10.1 Å². The lowest BCUT2D eigenvalue weighted by atomic mass is 9.53. The summed E-state index contributed by atoms with van der Waals surface area (Å²) in [5.41, 5.74) is 1.96. The summed E-state index contributed by atoms with van der Waals surface area (Å²) in [6.45, 7) is 4.02. The van der Waals surface area contributed by atoms with Gasteiger partial charge < -0.3 is 15.5 Å². The van der Waals surface area contributed by atoms with E-state index in [1.807, 2.05) is 57.1 Å². The van der Waals surface area contributed by atoms with Gasteiger partial charge in [0.25, 0.3) is 0 Å². The van der Waals surface area contributed by atoms with Gasteiger partial charge >= 0.3 is 6.03 Å². The van der Waals surface area contributed by atoms with Crippen molar-refractivity contribution in [2.75, 3.05) is 24.3 Å². The van der Waals surface area contributed by atoms with E-state index in [0.717, 1.165) is 59.7 Å². The molecule has 4 bridgehead atoms. The second kappa shape index (κ2) is 10.00. The summed E-state index contributed by atoms with van der Waals surface area (Å²) >= 11 is 1.33. The highest BCUT2D eigenvalue weighted by Crippen LogP contribution is 2.55. The molecule has 0 aliphatic heterocycles. The molecule has 4 saturated carbocycles. The quantitative estimate of drug-likeness (QED) is 0.470. The first kappa shape index (κ1) is 25.0. The van der Waals surface area contributed by atoms with Crippen LogP contribution in [-0.4, -0.2) is 47.8 Å². The molecule has 2 atom stereocenters. The molecule has 0 spiro atoms. The summed E-state index contributed by atoms with van der Waals surface area (Å²) in [5, 5.41) is 18.9. The summed E-state index contributed by atoms with van der Waals surface area (Å²) in [4.78, 5) is 28.4. The van der Waals surface area contributed by atoms with E-state index in [-0.39, 0.29) is 23.4 Å². The number of nitrogens with one attached hydrogen (secondary N) is 3. The Bertz CT molecular complexity index is 1060. The van der Waals surface area contributed by atoms with Gasteiger partial charge in [-0.05, 0) is 86.5 Å². The monoisotopic (exact) mass is 510 g/mol. The molecule has 1 heterocycles. The predicted octanol–water partition coefficient (Wildman–Crippen LogP) is 4.89. The maximum Gasteiger partial charge on any atom is 0.315 e. The predicted molar refractivity (Wildman–Crippen MR) is 144 cm³/mol. The minimum Gasteiger partial charge on any atom is -0.378 e. The Hall–Kier alpha value is -2.68. The molecule has 2 aromatic rings. The third-order valence-corrected chi connectivity index (χ3v) is 9.37. The van der Waals surface area contributed by atoms with Crippen LogP contribution in [0.1, 0.15) is 58.8 Å². The molecule has 8 nitrogen and oxygen atoms in total. The van der Waals surface area contributed by atoms with Gasteiger partial charge in [-0.15, -0.1) is 10.2 Å². The van der Waals surface area contributed by atoms with Gasteiger partial charge in [0.2, 0.25) is 11.0 Å². The molecule has 1 aromatic heterocycles. The Morgan fingerprint density at radius 1 is 1.06 bits per heavy atom. The molecule has 194 valence electrons. The van der Waals surface area contributed by atoms with Crippen molar-refractivity contribution < 1.29 is 9.59 Å². The fourth-order valence-corrected chi connectivity index (χ4v) is 7.61. The average molecular weight is 511 g/mol. The van der Waals surface area contributed by atoms with Crippen molar-refractivity contribution in [3.05, 3.63) is 24.3 Å². The summed E-state index contributed by atoms with van der Waals surface area (Å²) < 4.78 is 0. The first-order chi connectivity index (χ1) is 17.2. The van der Waals surface area contributed by atoms with Gasteiger partial charge in [0.15, 0.2) is 0 Å². The third-order valence-electron chi connectivity index (χ3n) is 8.48. The molecular formula is C27H38N6O2S. The number of hydrogen-bond acceptors (Lipinski definition) is 6. The maximum absolute atomic E-state index is 13.3. The van der Waals surface area contributed by atoms with E-state index in [9.17, 15) is 9.59 Å². The van der Waals surface area contributed by atoms with Crippen LogP contribution >= 0.6 is 11.3 Å². The number of benzene rings is 1. The van der Waals surface area contributed by atoms with Crippen LogP contribution < -0.4 is 20.9 Å². The molecule has 1 aromatic carbocycles. The number of carbonyl (C=O) groups excluding carboxylic acids is 2. The summed E-state index contributed by atoms with van der Waals surface area (Å²) in [6, 6.07) is 7.19. The zero-order chi connectivity index (χ0) is 25.4. The number of nitrogens with zero attached hydrogens (tertiary/aromatic N) is 3. The van der Waals surface area contributed by atoms with Gasteiger partial charge in [0.1, 0.15) is 11.0 Å². The van der Waals surface area contributed by atoms with Gasteiger partial charge in [0, 0.05) is 30.9 Å². The van der Waals surface area contributed by atoms with E-state index < -0.39 is 6.04 Å². The molecule has 2 unspecified atom stereocenters. The normalized spacial score (nSPS) is 27.8. The van der Waals surface area contributed by atoms with Crippen LogP contribution in [0.4, 0.5) is 15.6 Å². The smallest absolute Gasteiger partial charge is 0.315 e. The second-order valence-corrected chi connectivity index (χ2v) is 12.5. The van der Waals surface area contributed by atoms with E-state index in [1.165, 1.54) is 30.6 Å². The topological polar surface area (TPSA) is 99.2 Å². The van der Waals surface area contributed by atoms with Gasteiger partial charge in [0.05, 0.1) is 0 Å². The minimum atomic E-state index is -0.643. The molecule has 0 saturated heterocycles. The van der Waals surface area contributed by atoms with Crippen LogP contribution in [0.2, 0.25) is 0 Å². The summed E-state index contributed by atoms with van der Waals surface area (Å²) in [5.74, 6) is 1.97. The van der Waals surface area contributed by atoms with Crippen molar-refractivity contribution in [1.29, 1.82) is 0 Å². The minimum absolute atomic E-state index is 0.0157. The molecule has 4 aliphatic rings. The lowest BCUT2D eigenvalue weighted by Crippen LogP contribution is -2.63. The molecule has 4 fully saturated rings. The van der Waals surface area contributed by atoms with E-state index >= 15 is 0 Å². The van der Waals surface area contributed by atoms with Gasteiger partial charge in [-0.25, -0.2) is 4.79 Å². The SMILES string of the molecule is CCC(C)C(NC(=O)NC12CC3CC(CC(C3)C1)C2)C(=O)Nc1nnc(-c2ccc(N(C)C)cc2)s1.